The molecule has 1 heterocycles. The molecule has 2 aromatic carbocycles. The first-order valence-electron chi connectivity index (χ1n) is 11.2. The number of nitrogens with zero attached hydrogens (tertiary/aromatic N) is 1. The normalized spacial score (nSPS) is 34.2. The lowest BCUT2D eigenvalue weighted by Gasteiger charge is -2.61. The fourth-order valence-electron chi connectivity index (χ4n) is 6.64. The van der Waals surface area contributed by atoms with Crippen LogP contribution in [0.2, 0.25) is 0 Å². The van der Waals surface area contributed by atoms with Crippen molar-refractivity contribution in [3.63, 3.8) is 0 Å². The Morgan fingerprint density at radius 3 is 1.86 bits per heavy atom. The number of likely N-dealkylation sites (tertiary alicyclic amines) is 1. The van der Waals surface area contributed by atoms with Crippen molar-refractivity contribution in [1.82, 2.24) is 4.90 Å². The summed E-state index contributed by atoms with van der Waals surface area (Å²) in [5, 5.41) is 0. The van der Waals surface area contributed by atoms with Crippen molar-refractivity contribution in [3.8, 4) is 0 Å². The first kappa shape index (κ1) is 18.9. The van der Waals surface area contributed by atoms with E-state index in [2.05, 4.69) is 65.6 Å². The SMILES string of the molecule is CC(=O)OC1CC2(N3CCCC3)CC(c3ccccc3)C1C(c1ccccc1)C2. The van der Waals surface area contributed by atoms with Crippen LogP contribution < -0.4 is 0 Å². The smallest absolute Gasteiger partial charge is 0.302 e. The van der Waals surface area contributed by atoms with E-state index in [1.807, 2.05) is 0 Å². The van der Waals surface area contributed by atoms with E-state index in [9.17, 15) is 4.79 Å². The van der Waals surface area contributed by atoms with Crippen molar-refractivity contribution in [3.05, 3.63) is 71.8 Å². The summed E-state index contributed by atoms with van der Waals surface area (Å²) in [6, 6.07) is 21.9. The Labute approximate surface area is 174 Å². The van der Waals surface area contributed by atoms with Gasteiger partial charge in [0.25, 0.3) is 0 Å². The number of carbonyl (C=O) groups is 1. The van der Waals surface area contributed by atoms with E-state index < -0.39 is 0 Å². The molecule has 6 rings (SSSR count). The molecular weight excluding hydrogens is 358 g/mol. The molecule has 4 fully saturated rings. The summed E-state index contributed by atoms with van der Waals surface area (Å²) in [6.45, 7) is 3.93. The maximum absolute atomic E-state index is 12.1. The summed E-state index contributed by atoms with van der Waals surface area (Å²) in [7, 11) is 0. The van der Waals surface area contributed by atoms with Crippen LogP contribution in [-0.2, 0) is 9.53 Å². The largest absolute Gasteiger partial charge is 0.462 e. The number of hydrogen-bond acceptors (Lipinski definition) is 3. The highest BCUT2D eigenvalue weighted by Crippen LogP contribution is 2.60. The molecule has 2 aromatic rings. The molecular formula is C26H31NO2. The summed E-state index contributed by atoms with van der Waals surface area (Å²) in [5.41, 5.74) is 2.93. The number of ether oxygens (including phenoxy) is 1. The topological polar surface area (TPSA) is 29.5 Å². The summed E-state index contributed by atoms with van der Waals surface area (Å²) >= 11 is 0. The fraction of sp³-hybridized carbons (Fsp3) is 0.500. The number of rotatable bonds is 4. The van der Waals surface area contributed by atoms with Crippen LogP contribution in [-0.4, -0.2) is 35.6 Å². The first-order valence-corrected chi connectivity index (χ1v) is 11.2. The number of fused-ring (bicyclic) bond motifs is 3. The molecule has 0 aromatic heterocycles. The van der Waals surface area contributed by atoms with Gasteiger partial charge in [0.05, 0.1) is 0 Å². The number of hydrogen-bond donors (Lipinski definition) is 0. The van der Waals surface area contributed by atoms with Gasteiger partial charge in [-0.3, -0.25) is 9.69 Å². The monoisotopic (exact) mass is 389 g/mol. The van der Waals surface area contributed by atoms with Gasteiger partial charge in [-0.15, -0.1) is 0 Å². The number of benzene rings is 2. The van der Waals surface area contributed by atoms with Crippen LogP contribution in [0.3, 0.4) is 0 Å². The Kier molecular flexibility index (Phi) is 4.95. The van der Waals surface area contributed by atoms with Crippen LogP contribution >= 0.6 is 0 Å². The Hall–Kier alpha value is -2.13. The Morgan fingerprint density at radius 1 is 0.862 bits per heavy atom. The van der Waals surface area contributed by atoms with Gasteiger partial charge >= 0.3 is 5.97 Å². The lowest BCUT2D eigenvalue weighted by Crippen LogP contribution is -2.62. The predicted octanol–water partition coefficient (Wildman–Crippen LogP) is 5.13. The lowest BCUT2D eigenvalue weighted by atomic mass is 9.51. The first-order chi connectivity index (χ1) is 14.2. The van der Waals surface area contributed by atoms with E-state index in [1.165, 1.54) is 49.9 Å². The van der Waals surface area contributed by atoms with Crippen LogP contribution in [0.1, 0.15) is 62.0 Å². The quantitative estimate of drug-likeness (QED) is 0.679. The molecule has 29 heavy (non-hydrogen) atoms. The van der Waals surface area contributed by atoms with Crippen LogP contribution in [0.5, 0.6) is 0 Å². The maximum Gasteiger partial charge on any atom is 0.302 e. The van der Waals surface area contributed by atoms with E-state index in [-0.39, 0.29) is 17.6 Å². The van der Waals surface area contributed by atoms with E-state index in [0.29, 0.717) is 17.8 Å². The molecule has 4 aliphatic rings. The molecule has 3 nitrogen and oxygen atoms in total. The molecule has 3 aliphatic carbocycles. The Bertz CT molecular complexity index is 794. The predicted molar refractivity (Wildman–Crippen MR) is 115 cm³/mol. The highest BCUT2D eigenvalue weighted by Gasteiger charge is 2.59. The van der Waals surface area contributed by atoms with Crippen molar-refractivity contribution in [2.75, 3.05) is 13.1 Å². The Morgan fingerprint density at radius 2 is 1.38 bits per heavy atom. The van der Waals surface area contributed by atoms with Gasteiger partial charge in [0, 0.05) is 24.8 Å². The summed E-state index contributed by atoms with van der Waals surface area (Å²) in [5.74, 6) is 1.05. The minimum atomic E-state index is -0.141. The van der Waals surface area contributed by atoms with Crippen molar-refractivity contribution < 1.29 is 9.53 Å². The van der Waals surface area contributed by atoms with Crippen molar-refractivity contribution in [2.45, 2.75) is 62.5 Å². The molecule has 0 N–H and O–H groups in total. The van der Waals surface area contributed by atoms with Gasteiger partial charge in [-0.1, -0.05) is 60.7 Å². The number of esters is 1. The second kappa shape index (κ2) is 7.60. The summed E-state index contributed by atoms with van der Waals surface area (Å²) in [4.78, 5) is 14.8. The number of carbonyl (C=O) groups excluding carboxylic acids is 1. The fourth-order valence-corrected chi connectivity index (χ4v) is 6.64. The molecule has 1 aliphatic heterocycles. The minimum absolute atomic E-state index is 0.00832. The highest BCUT2D eigenvalue weighted by molar-refractivity contribution is 5.66. The summed E-state index contributed by atoms with van der Waals surface area (Å²) in [6.07, 6.45) is 5.92. The minimum Gasteiger partial charge on any atom is -0.462 e. The average molecular weight is 390 g/mol. The standard InChI is InChI=1S/C26H31NO2/c1-19(28)29-24-18-26(27-14-8-9-15-27)16-22(20-10-4-2-5-11-20)25(24)23(17-26)21-12-6-3-7-13-21/h2-7,10-13,22-25H,8-9,14-18H2,1H3. The molecule has 1 saturated heterocycles. The van der Waals surface area contributed by atoms with Crippen LogP contribution in [0.15, 0.2) is 60.7 Å². The zero-order valence-corrected chi connectivity index (χ0v) is 17.3. The zero-order chi connectivity index (χ0) is 19.8. The van der Waals surface area contributed by atoms with E-state index in [4.69, 9.17) is 4.74 Å². The third-order valence-corrected chi connectivity index (χ3v) is 7.69. The van der Waals surface area contributed by atoms with Gasteiger partial charge in [0.15, 0.2) is 0 Å². The van der Waals surface area contributed by atoms with Gasteiger partial charge in [0.2, 0.25) is 0 Å². The lowest BCUT2D eigenvalue weighted by molar-refractivity contribution is -0.165. The van der Waals surface area contributed by atoms with Crippen molar-refractivity contribution in [1.29, 1.82) is 0 Å². The third-order valence-electron chi connectivity index (χ3n) is 7.69. The highest BCUT2D eigenvalue weighted by atomic mass is 16.5. The molecule has 3 heteroatoms. The van der Waals surface area contributed by atoms with Crippen LogP contribution in [0, 0.1) is 5.92 Å². The van der Waals surface area contributed by atoms with E-state index in [1.54, 1.807) is 6.92 Å². The third kappa shape index (κ3) is 3.40. The van der Waals surface area contributed by atoms with Crippen LogP contribution in [0.4, 0.5) is 0 Å². The van der Waals surface area contributed by atoms with Crippen LogP contribution in [0.25, 0.3) is 0 Å². The van der Waals surface area contributed by atoms with Gasteiger partial charge in [-0.25, -0.2) is 0 Å². The summed E-state index contributed by atoms with van der Waals surface area (Å²) < 4.78 is 6.05. The molecule has 0 radical (unpaired) electrons. The molecule has 3 atom stereocenters. The second-order valence-corrected chi connectivity index (χ2v) is 9.29. The van der Waals surface area contributed by atoms with Gasteiger partial charge in [-0.05, 0) is 61.7 Å². The second-order valence-electron chi connectivity index (χ2n) is 9.29. The van der Waals surface area contributed by atoms with Gasteiger partial charge in [-0.2, -0.15) is 0 Å². The van der Waals surface area contributed by atoms with Gasteiger partial charge in [0.1, 0.15) is 6.10 Å². The maximum atomic E-state index is 12.1. The Balaban J connectivity index is 1.62. The molecule has 3 saturated carbocycles. The van der Waals surface area contributed by atoms with Crippen molar-refractivity contribution in [2.24, 2.45) is 5.92 Å². The zero-order valence-electron chi connectivity index (χ0n) is 17.3. The van der Waals surface area contributed by atoms with Gasteiger partial charge < -0.3 is 4.74 Å². The van der Waals surface area contributed by atoms with Crippen molar-refractivity contribution >= 4 is 5.97 Å². The van der Waals surface area contributed by atoms with E-state index in [0.717, 1.165) is 6.42 Å². The van der Waals surface area contributed by atoms with E-state index >= 15 is 0 Å². The molecule has 152 valence electrons. The molecule has 3 unspecified atom stereocenters. The molecule has 0 amide bonds. The molecule has 2 bridgehead atoms. The average Bonchev–Trinajstić information content (AvgIpc) is 3.30. The molecule has 0 spiro atoms.